The molecule has 3 aromatic rings. The maximum atomic E-state index is 12.4. The van der Waals surface area contributed by atoms with Gasteiger partial charge in [-0.1, -0.05) is 17.7 Å². The first kappa shape index (κ1) is 17.8. The highest BCUT2D eigenvalue weighted by atomic mass is 35.5. The third kappa shape index (κ3) is 4.20. The van der Waals surface area contributed by atoms with Crippen molar-refractivity contribution in [1.29, 1.82) is 0 Å². The van der Waals surface area contributed by atoms with Gasteiger partial charge in [0.15, 0.2) is 0 Å². The molecule has 1 amide bonds. The summed E-state index contributed by atoms with van der Waals surface area (Å²) in [5.41, 5.74) is 0. The molecule has 1 aliphatic rings. The van der Waals surface area contributed by atoms with E-state index in [4.69, 9.17) is 16.3 Å². The monoisotopic (exact) mass is 400 g/mol. The Morgan fingerprint density at radius 2 is 1.85 bits per heavy atom. The molecule has 0 N–H and O–H groups in total. The smallest absolute Gasteiger partial charge is 0.264 e. The summed E-state index contributed by atoms with van der Waals surface area (Å²) in [5, 5.41) is 2.58. The SMILES string of the molecule is O=C(c1cccs1)N1CCN(c2cc(Oc3ccc(Cl)cc3)ncn2)CC1. The summed E-state index contributed by atoms with van der Waals surface area (Å²) in [6.07, 6.45) is 1.49. The van der Waals surface area contributed by atoms with Crippen molar-refractivity contribution in [2.24, 2.45) is 0 Å². The molecule has 0 bridgehead atoms. The van der Waals surface area contributed by atoms with Gasteiger partial charge >= 0.3 is 0 Å². The van der Waals surface area contributed by atoms with Gasteiger partial charge < -0.3 is 14.5 Å². The van der Waals surface area contributed by atoms with Gasteiger partial charge in [0.2, 0.25) is 5.88 Å². The summed E-state index contributed by atoms with van der Waals surface area (Å²) in [7, 11) is 0. The second-order valence-electron chi connectivity index (χ2n) is 6.03. The molecular weight excluding hydrogens is 384 g/mol. The molecule has 0 saturated carbocycles. The number of benzene rings is 1. The number of hydrogen-bond acceptors (Lipinski definition) is 6. The predicted octanol–water partition coefficient (Wildman–Crippen LogP) is 3.95. The van der Waals surface area contributed by atoms with Gasteiger partial charge in [-0.3, -0.25) is 4.79 Å². The Bertz CT molecular complexity index is 910. The summed E-state index contributed by atoms with van der Waals surface area (Å²) in [6.45, 7) is 2.76. The van der Waals surface area contributed by atoms with Crippen LogP contribution in [0.15, 0.2) is 54.2 Å². The lowest BCUT2D eigenvalue weighted by molar-refractivity contribution is 0.0751. The molecule has 27 heavy (non-hydrogen) atoms. The Morgan fingerprint density at radius 1 is 1.07 bits per heavy atom. The molecule has 0 unspecified atom stereocenters. The zero-order valence-electron chi connectivity index (χ0n) is 14.4. The predicted molar refractivity (Wildman–Crippen MR) is 106 cm³/mol. The number of aromatic nitrogens is 2. The summed E-state index contributed by atoms with van der Waals surface area (Å²) in [6, 6.07) is 12.7. The molecule has 0 atom stereocenters. The van der Waals surface area contributed by atoms with Gasteiger partial charge in [0.25, 0.3) is 5.91 Å². The van der Waals surface area contributed by atoms with Gasteiger partial charge in [-0.25, -0.2) is 9.97 Å². The minimum absolute atomic E-state index is 0.0964. The summed E-state index contributed by atoms with van der Waals surface area (Å²) < 4.78 is 5.77. The van der Waals surface area contributed by atoms with Crippen molar-refractivity contribution in [3.05, 3.63) is 64.1 Å². The lowest BCUT2D eigenvalue weighted by Crippen LogP contribution is -2.48. The zero-order chi connectivity index (χ0) is 18.6. The van der Waals surface area contributed by atoms with Gasteiger partial charge in [-0.05, 0) is 35.7 Å². The molecule has 8 heteroatoms. The van der Waals surface area contributed by atoms with Crippen LogP contribution in [0.5, 0.6) is 11.6 Å². The number of thiophene rings is 1. The van der Waals surface area contributed by atoms with E-state index in [1.165, 1.54) is 17.7 Å². The maximum Gasteiger partial charge on any atom is 0.264 e. The number of hydrogen-bond donors (Lipinski definition) is 0. The lowest BCUT2D eigenvalue weighted by atomic mass is 10.3. The normalized spacial score (nSPS) is 14.3. The van der Waals surface area contributed by atoms with Gasteiger partial charge in [0.1, 0.15) is 17.9 Å². The minimum atomic E-state index is 0.0964. The number of amides is 1. The van der Waals surface area contributed by atoms with Crippen LogP contribution in [0.3, 0.4) is 0 Å². The molecule has 1 aliphatic heterocycles. The highest BCUT2D eigenvalue weighted by molar-refractivity contribution is 7.12. The Labute approximate surface area is 166 Å². The molecule has 2 aromatic heterocycles. The minimum Gasteiger partial charge on any atom is -0.439 e. The van der Waals surface area contributed by atoms with Crippen molar-refractivity contribution in [3.63, 3.8) is 0 Å². The molecule has 0 radical (unpaired) electrons. The first-order chi connectivity index (χ1) is 13.2. The maximum absolute atomic E-state index is 12.4. The fourth-order valence-electron chi connectivity index (χ4n) is 2.88. The molecule has 0 spiro atoms. The Hall–Kier alpha value is -2.64. The van der Waals surface area contributed by atoms with Crippen molar-refractivity contribution >= 4 is 34.7 Å². The van der Waals surface area contributed by atoms with Crippen molar-refractivity contribution in [2.45, 2.75) is 0 Å². The average molecular weight is 401 g/mol. The van der Waals surface area contributed by atoms with E-state index in [0.29, 0.717) is 42.8 Å². The third-order valence-corrected chi connectivity index (χ3v) is 5.40. The molecule has 1 aromatic carbocycles. The van der Waals surface area contributed by atoms with Crippen LogP contribution in [0.25, 0.3) is 0 Å². The number of halogens is 1. The van der Waals surface area contributed by atoms with Gasteiger partial charge in [0.05, 0.1) is 4.88 Å². The van der Waals surface area contributed by atoms with Crippen LogP contribution in [0, 0.1) is 0 Å². The van der Waals surface area contributed by atoms with E-state index >= 15 is 0 Å². The van der Waals surface area contributed by atoms with Crippen LogP contribution in [0.1, 0.15) is 9.67 Å². The molecule has 4 rings (SSSR count). The van der Waals surface area contributed by atoms with Crippen molar-refractivity contribution in [2.75, 3.05) is 31.1 Å². The van der Waals surface area contributed by atoms with E-state index in [0.717, 1.165) is 10.7 Å². The number of ether oxygens (including phenoxy) is 1. The molecule has 138 valence electrons. The van der Waals surface area contributed by atoms with Crippen LogP contribution >= 0.6 is 22.9 Å². The fraction of sp³-hybridized carbons (Fsp3) is 0.211. The van der Waals surface area contributed by atoms with Gasteiger partial charge in [-0.2, -0.15) is 0 Å². The second kappa shape index (κ2) is 7.94. The molecule has 6 nitrogen and oxygen atoms in total. The topological polar surface area (TPSA) is 58.6 Å². The van der Waals surface area contributed by atoms with Crippen LogP contribution in [0.4, 0.5) is 5.82 Å². The highest BCUT2D eigenvalue weighted by Gasteiger charge is 2.23. The quantitative estimate of drug-likeness (QED) is 0.663. The number of carbonyl (C=O) groups is 1. The lowest BCUT2D eigenvalue weighted by Gasteiger charge is -2.35. The van der Waals surface area contributed by atoms with Crippen LogP contribution in [-0.4, -0.2) is 47.0 Å². The van der Waals surface area contributed by atoms with Crippen molar-refractivity contribution < 1.29 is 9.53 Å². The fourth-order valence-corrected chi connectivity index (χ4v) is 3.69. The van der Waals surface area contributed by atoms with E-state index in [9.17, 15) is 4.79 Å². The number of carbonyl (C=O) groups excluding carboxylic acids is 1. The van der Waals surface area contributed by atoms with Gasteiger partial charge in [-0.15, -0.1) is 11.3 Å². The van der Waals surface area contributed by atoms with Crippen LogP contribution < -0.4 is 9.64 Å². The van der Waals surface area contributed by atoms with E-state index in [1.54, 1.807) is 24.3 Å². The van der Waals surface area contributed by atoms with Gasteiger partial charge in [0, 0.05) is 37.3 Å². The van der Waals surface area contributed by atoms with E-state index in [1.807, 2.05) is 28.5 Å². The summed E-state index contributed by atoms with van der Waals surface area (Å²) in [4.78, 5) is 25.8. The number of anilines is 1. The number of nitrogens with zero attached hydrogens (tertiary/aromatic N) is 4. The Balaban J connectivity index is 1.40. The number of piperazine rings is 1. The van der Waals surface area contributed by atoms with E-state index < -0.39 is 0 Å². The Kier molecular flexibility index (Phi) is 5.22. The average Bonchev–Trinajstić information content (AvgIpc) is 3.24. The van der Waals surface area contributed by atoms with Crippen molar-refractivity contribution in [3.8, 4) is 11.6 Å². The Morgan fingerprint density at radius 3 is 2.56 bits per heavy atom. The third-order valence-electron chi connectivity index (χ3n) is 4.29. The molecule has 1 saturated heterocycles. The first-order valence-corrected chi connectivity index (χ1v) is 9.78. The van der Waals surface area contributed by atoms with Crippen LogP contribution in [-0.2, 0) is 0 Å². The molecule has 3 heterocycles. The standard InChI is InChI=1S/C19H17ClN4O2S/c20-14-3-5-15(6-4-14)26-18-12-17(21-13-22-18)23-7-9-24(10-8-23)19(25)16-2-1-11-27-16/h1-6,11-13H,7-10H2. The van der Waals surface area contributed by atoms with E-state index in [-0.39, 0.29) is 5.91 Å². The van der Waals surface area contributed by atoms with Crippen LogP contribution in [0.2, 0.25) is 5.02 Å². The molecule has 0 aliphatic carbocycles. The molecule has 1 fully saturated rings. The van der Waals surface area contributed by atoms with Crippen molar-refractivity contribution in [1.82, 2.24) is 14.9 Å². The molecular formula is C19H17ClN4O2S. The van der Waals surface area contributed by atoms with E-state index in [2.05, 4.69) is 14.9 Å². The summed E-state index contributed by atoms with van der Waals surface area (Å²) in [5.74, 6) is 2.02. The summed E-state index contributed by atoms with van der Waals surface area (Å²) >= 11 is 7.37. The zero-order valence-corrected chi connectivity index (χ0v) is 16.0. The number of rotatable bonds is 4. The highest BCUT2D eigenvalue weighted by Crippen LogP contribution is 2.24. The largest absolute Gasteiger partial charge is 0.439 e. The second-order valence-corrected chi connectivity index (χ2v) is 7.41. The first-order valence-electron chi connectivity index (χ1n) is 8.52.